The first-order chi connectivity index (χ1) is 9.93. The molecular weight excluding hydrogens is 270 g/mol. The number of aliphatic carboxylic acids is 1. The maximum atomic E-state index is 11.9. The molecule has 1 aromatic rings. The van der Waals surface area contributed by atoms with Gasteiger partial charge >= 0.3 is 5.97 Å². The minimum Gasteiger partial charge on any atom is -0.480 e. The Morgan fingerprint density at radius 1 is 1.24 bits per heavy atom. The first-order valence-corrected chi connectivity index (χ1v) is 7.00. The Balaban J connectivity index is 2.57. The predicted octanol–water partition coefficient (Wildman–Crippen LogP) is 1.14. The van der Waals surface area contributed by atoms with Crippen LogP contribution in [0.3, 0.4) is 0 Å². The van der Waals surface area contributed by atoms with Crippen molar-refractivity contribution in [1.29, 1.82) is 0 Å². The smallest absolute Gasteiger partial charge is 0.321 e. The predicted molar refractivity (Wildman–Crippen MR) is 82.3 cm³/mol. The lowest BCUT2D eigenvalue weighted by Crippen LogP contribution is -2.41. The first kappa shape index (κ1) is 17.1. The van der Waals surface area contributed by atoms with Crippen molar-refractivity contribution in [1.82, 2.24) is 5.32 Å². The first-order valence-electron chi connectivity index (χ1n) is 7.00. The van der Waals surface area contributed by atoms with E-state index >= 15 is 0 Å². The second-order valence-electron chi connectivity index (χ2n) is 5.16. The van der Waals surface area contributed by atoms with Crippen LogP contribution in [0.1, 0.15) is 31.7 Å². The topological polar surface area (TPSA) is 104 Å². The fourth-order valence-electron chi connectivity index (χ4n) is 1.85. The summed E-state index contributed by atoms with van der Waals surface area (Å²) < 4.78 is 0. The van der Waals surface area contributed by atoms with Gasteiger partial charge in [-0.25, -0.2) is 0 Å². The van der Waals surface area contributed by atoms with Gasteiger partial charge in [-0.3, -0.25) is 9.59 Å². The molecule has 21 heavy (non-hydrogen) atoms. The number of hydrogen-bond acceptors (Lipinski definition) is 4. The molecule has 0 aromatic heterocycles. The highest BCUT2D eigenvalue weighted by Gasteiger charge is 2.20. The van der Waals surface area contributed by atoms with E-state index in [9.17, 15) is 9.59 Å². The summed E-state index contributed by atoms with van der Waals surface area (Å²) in [5.41, 5.74) is 7.15. The number of carboxylic acid groups (broad SMARTS) is 1. The molecule has 0 saturated carbocycles. The summed E-state index contributed by atoms with van der Waals surface area (Å²) in [5, 5.41) is 14.4. The number of carboxylic acids is 1. The molecule has 116 valence electrons. The summed E-state index contributed by atoms with van der Waals surface area (Å²) in [6.07, 6.45) is -0.138. The second-order valence-corrected chi connectivity index (χ2v) is 5.16. The van der Waals surface area contributed by atoms with Crippen LogP contribution < -0.4 is 16.4 Å². The maximum Gasteiger partial charge on any atom is 0.321 e. The summed E-state index contributed by atoms with van der Waals surface area (Å²) in [7, 11) is 0. The van der Waals surface area contributed by atoms with Crippen molar-refractivity contribution in [3.8, 4) is 0 Å². The van der Waals surface area contributed by atoms with Crippen molar-refractivity contribution in [2.45, 2.75) is 32.2 Å². The molecule has 1 rings (SSSR count). The number of benzene rings is 1. The summed E-state index contributed by atoms with van der Waals surface area (Å²) in [4.78, 5) is 22.9. The lowest BCUT2D eigenvalue weighted by molar-refractivity contribution is -0.141. The quantitative estimate of drug-likeness (QED) is 0.575. The van der Waals surface area contributed by atoms with Crippen molar-refractivity contribution in [3.63, 3.8) is 0 Å². The summed E-state index contributed by atoms with van der Waals surface area (Å²) >= 11 is 0. The third-order valence-corrected chi connectivity index (χ3v) is 3.08. The number of anilines is 1. The molecule has 5 N–H and O–H groups in total. The minimum absolute atomic E-state index is 0.138. The SMILES string of the molecule is CC(C)c1ccc(NC(=O)C[C@@H](NCCN)C(=O)O)cc1. The number of carbonyl (C=O) groups excluding carboxylic acids is 1. The van der Waals surface area contributed by atoms with Crippen molar-refractivity contribution in [2.24, 2.45) is 5.73 Å². The van der Waals surface area contributed by atoms with E-state index in [0.29, 0.717) is 24.7 Å². The van der Waals surface area contributed by atoms with Crippen LogP contribution in [0.2, 0.25) is 0 Å². The van der Waals surface area contributed by atoms with Gasteiger partial charge in [-0.1, -0.05) is 26.0 Å². The average Bonchev–Trinajstić information content (AvgIpc) is 2.43. The normalized spacial score (nSPS) is 12.2. The van der Waals surface area contributed by atoms with E-state index in [4.69, 9.17) is 10.8 Å². The van der Waals surface area contributed by atoms with Gasteiger partial charge in [0.25, 0.3) is 0 Å². The van der Waals surface area contributed by atoms with E-state index in [0.717, 1.165) is 0 Å². The molecule has 0 unspecified atom stereocenters. The van der Waals surface area contributed by atoms with Crippen LogP contribution in [0.4, 0.5) is 5.69 Å². The third kappa shape index (κ3) is 5.93. The highest BCUT2D eigenvalue weighted by molar-refractivity contribution is 5.94. The second kappa shape index (κ2) is 8.39. The van der Waals surface area contributed by atoms with Gasteiger partial charge < -0.3 is 21.5 Å². The highest BCUT2D eigenvalue weighted by Crippen LogP contribution is 2.17. The molecule has 1 atom stereocenters. The third-order valence-electron chi connectivity index (χ3n) is 3.08. The van der Waals surface area contributed by atoms with Gasteiger partial charge in [-0.2, -0.15) is 0 Å². The van der Waals surface area contributed by atoms with Crippen LogP contribution in [0.15, 0.2) is 24.3 Å². The maximum absolute atomic E-state index is 11.9. The van der Waals surface area contributed by atoms with Crippen molar-refractivity contribution in [2.75, 3.05) is 18.4 Å². The standard InChI is InChI=1S/C15H23N3O3/c1-10(2)11-3-5-12(6-4-11)18-14(19)9-13(15(20)21)17-8-7-16/h3-6,10,13,17H,7-9,16H2,1-2H3,(H,18,19)(H,20,21)/t13-/m1/s1. The Hall–Kier alpha value is -1.92. The Bertz CT molecular complexity index is 472. The van der Waals surface area contributed by atoms with Gasteiger partial charge in [0, 0.05) is 18.8 Å². The zero-order valence-corrected chi connectivity index (χ0v) is 12.4. The van der Waals surface area contributed by atoms with E-state index in [1.54, 1.807) is 0 Å². The molecule has 0 bridgehead atoms. The van der Waals surface area contributed by atoms with E-state index in [2.05, 4.69) is 24.5 Å². The fraction of sp³-hybridized carbons (Fsp3) is 0.467. The number of nitrogens with two attached hydrogens (primary N) is 1. The molecule has 0 radical (unpaired) electrons. The van der Waals surface area contributed by atoms with Gasteiger partial charge in [0.05, 0.1) is 6.42 Å². The van der Waals surface area contributed by atoms with E-state index in [1.165, 1.54) is 5.56 Å². The molecule has 1 amide bonds. The summed E-state index contributed by atoms with van der Waals surface area (Å²) in [6, 6.07) is 6.60. The van der Waals surface area contributed by atoms with Crippen LogP contribution in [-0.4, -0.2) is 36.1 Å². The zero-order chi connectivity index (χ0) is 15.8. The molecule has 0 aliphatic heterocycles. The van der Waals surface area contributed by atoms with E-state index in [-0.39, 0.29) is 12.3 Å². The number of rotatable bonds is 8. The van der Waals surface area contributed by atoms with Crippen LogP contribution in [0.25, 0.3) is 0 Å². The Morgan fingerprint density at radius 3 is 2.33 bits per heavy atom. The van der Waals surface area contributed by atoms with E-state index in [1.807, 2.05) is 24.3 Å². The molecular formula is C15H23N3O3. The van der Waals surface area contributed by atoms with Crippen molar-refractivity contribution >= 4 is 17.6 Å². The molecule has 6 heteroatoms. The van der Waals surface area contributed by atoms with Gasteiger partial charge in [-0.15, -0.1) is 0 Å². The van der Waals surface area contributed by atoms with E-state index < -0.39 is 12.0 Å². The fourth-order valence-corrected chi connectivity index (χ4v) is 1.85. The minimum atomic E-state index is -1.06. The molecule has 6 nitrogen and oxygen atoms in total. The van der Waals surface area contributed by atoms with Crippen LogP contribution in [0.5, 0.6) is 0 Å². The van der Waals surface area contributed by atoms with Crippen molar-refractivity contribution < 1.29 is 14.7 Å². The summed E-state index contributed by atoms with van der Waals surface area (Å²) in [5.74, 6) is -0.982. The molecule has 0 heterocycles. The monoisotopic (exact) mass is 293 g/mol. The molecule has 0 saturated heterocycles. The number of amides is 1. The van der Waals surface area contributed by atoms with Gasteiger partial charge in [-0.05, 0) is 23.6 Å². The van der Waals surface area contributed by atoms with Crippen LogP contribution >= 0.6 is 0 Å². The van der Waals surface area contributed by atoms with Crippen molar-refractivity contribution in [3.05, 3.63) is 29.8 Å². The molecule has 0 aliphatic carbocycles. The number of hydrogen-bond donors (Lipinski definition) is 4. The molecule has 0 spiro atoms. The molecule has 0 fully saturated rings. The number of carbonyl (C=O) groups is 2. The van der Waals surface area contributed by atoms with Crippen LogP contribution in [-0.2, 0) is 9.59 Å². The molecule has 0 aliphatic rings. The molecule has 1 aromatic carbocycles. The van der Waals surface area contributed by atoms with Crippen LogP contribution in [0, 0.1) is 0 Å². The Morgan fingerprint density at radius 2 is 1.86 bits per heavy atom. The lowest BCUT2D eigenvalue weighted by Gasteiger charge is -2.14. The largest absolute Gasteiger partial charge is 0.480 e. The lowest BCUT2D eigenvalue weighted by atomic mass is 10.0. The van der Waals surface area contributed by atoms with Gasteiger partial charge in [0.15, 0.2) is 0 Å². The van der Waals surface area contributed by atoms with Gasteiger partial charge in [0.1, 0.15) is 6.04 Å². The zero-order valence-electron chi connectivity index (χ0n) is 12.4. The van der Waals surface area contributed by atoms with Gasteiger partial charge in [0.2, 0.25) is 5.91 Å². The Kier molecular flexibility index (Phi) is 6.84. The summed E-state index contributed by atoms with van der Waals surface area (Å²) in [6.45, 7) is 4.86. The highest BCUT2D eigenvalue weighted by atomic mass is 16.4. The number of nitrogens with one attached hydrogen (secondary N) is 2. The Labute approximate surface area is 124 Å². The average molecular weight is 293 g/mol.